The second-order valence-electron chi connectivity index (χ2n) is 10.9. The highest BCUT2D eigenvalue weighted by atomic mass is 19.2. The van der Waals surface area contributed by atoms with Crippen molar-refractivity contribution in [3.8, 4) is 5.75 Å². The Kier molecular flexibility index (Phi) is 6.96. The molecular formula is C28H32F5N3O. The zero-order chi connectivity index (χ0) is 26.5. The lowest BCUT2D eigenvalue weighted by atomic mass is 9.87. The zero-order valence-electron chi connectivity index (χ0n) is 21.3. The van der Waals surface area contributed by atoms with Crippen LogP contribution in [0.4, 0.5) is 22.0 Å². The van der Waals surface area contributed by atoms with E-state index in [0.29, 0.717) is 54.6 Å². The Hall–Kier alpha value is -2.65. The third kappa shape index (κ3) is 5.08. The van der Waals surface area contributed by atoms with Crippen LogP contribution < -0.4 is 4.74 Å². The lowest BCUT2D eigenvalue weighted by Crippen LogP contribution is -2.53. The topological polar surface area (TPSA) is 31.5 Å². The van der Waals surface area contributed by atoms with E-state index in [9.17, 15) is 13.2 Å². The van der Waals surface area contributed by atoms with Gasteiger partial charge in [-0.3, -0.25) is 14.2 Å². The van der Waals surface area contributed by atoms with Crippen LogP contribution in [0, 0.1) is 17.5 Å². The van der Waals surface area contributed by atoms with Crippen LogP contribution >= 0.6 is 0 Å². The number of nitrogens with zero attached hydrogens (tertiary/aromatic N) is 2. The average molecular weight is 522 g/mol. The molecule has 5 rings (SSSR count). The fourth-order valence-corrected chi connectivity index (χ4v) is 5.71. The van der Waals surface area contributed by atoms with Crippen LogP contribution in [-0.2, 0) is 6.42 Å². The normalized spacial score (nSPS) is 21.3. The molecule has 2 aliphatic heterocycles. The maximum absolute atomic E-state index is 15.7. The minimum Gasteiger partial charge on any atom is -0.488 e. The summed E-state index contributed by atoms with van der Waals surface area (Å²) >= 11 is 0. The van der Waals surface area contributed by atoms with Gasteiger partial charge in [0, 0.05) is 66.5 Å². The molecule has 2 aliphatic rings. The van der Waals surface area contributed by atoms with Gasteiger partial charge in [-0.1, -0.05) is 6.07 Å². The van der Waals surface area contributed by atoms with Crippen molar-refractivity contribution < 1.29 is 26.7 Å². The van der Waals surface area contributed by atoms with E-state index >= 15 is 8.78 Å². The molecule has 0 aliphatic carbocycles. The van der Waals surface area contributed by atoms with E-state index in [4.69, 9.17) is 4.74 Å². The number of benzene rings is 2. The molecule has 9 heteroatoms. The average Bonchev–Trinajstić information content (AvgIpc) is 3.15. The van der Waals surface area contributed by atoms with E-state index in [2.05, 4.69) is 4.98 Å². The van der Waals surface area contributed by atoms with Crippen LogP contribution in [0.5, 0.6) is 5.75 Å². The van der Waals surface area contributed by atoms with Crippen molar-refractivity contribution in [2.75, 3.05) is 32.9 Å². The summed E-state index contributed by atoms with van der Waals surface area (Å²) in [4.78, 5) is 6.94. The number of alkyl halides is 2. The Morgan fingerprint density at radius 2 is 1.78 bits per heavy atom. The van der Waals surface area contributed by atoms with Gasteiger partial charge in [0.15, 0.2) is 0 Å². The number of ether oxygens (including phenoxy) is 1. The molecule has 37 heavy (non-hydrogen) atoms. The van der Waals surface area contributed by atoms with E-state index < -0.39 is 29.2 Å². The van der Waals surface area contributed by atoms with Crippen LogP contribution in [0.25, 0.3) is 10.9 Å². The Labute approximate surface area is 213 Å². The molecule has 0 saturated carbocycles. The van der Waals surface area contributed by atoms with Gasteiger partial charge in [0.25, 0.3) is 0 Å². The van der Waals surface area contributed by atoms with E-state index in [0.717, 1.165) is 12.1 Å². The number of nitrogens with one attached hydrogen (secondary N) is 1. The Morgan fingerprint density at radius 1 is 1.08 bits per heavy atom. The number of likely N-dealkylation sites (tertiary alicyclic amines) is 1. The second-order valence-corrected chi connectivity index (χ2v) is 10.9. The van der Waals surface area contributed by atoms with Crippen LogP contribution in [0.3, 0.4) is 0 Å². The first-order chi connectivity index (χ1) is 17.6. The zero-order valence-corrected chi connectivity index (χ0v) is 21.3. The monoisotopic (exact) mass is 521 g/mol. The SMILES string of the molecule is C[C@@H]1Cc2c([nH]c3cccc(F)c23)[C@@H](c2c(F)cc(OC3CN(CCCF)C3)cc2F)N1CC(C)(C)F. The van der Waals surface area contributed by atoms with Crippen LogP contribution in [0.15, 0.2) is 30.3 Å². The maximum atomic E-state index is 15.7. The summed E-state index contributed by atoms with van der Waals surface area (Å²) < 4.78 is 79.3. The third-order valence-corrected chi connectivity index (χ3v) is 7.30. The Bertz CT molecular complexity index is 1260. The summed E-state index contributed by atoms with van der Waals surface area (Å²) in [7, 11) is 0. The number of fused-ring (bicyclic) bond motifs is 3. The highest BCUT2D eigenvalue weighted by Crippen LogP contribution is 2.44. The van der Waals surface area contributed by atoms with Crippen molar-refractivity contribution in [1.82, 2.24) is 14.8 Å². The van der Waals surface area contributed by atoms with E-state index in [-0.39, 0.29) is 36.7 Å². The van der Waals surface area contributed by atoms with Crippen molar-refractivity contribution >= 4 is 10.9 Å². The number of aromatic amines is 1. The van der Waals surface area contributed by atoms with Gasteiger partial charge in [-0.05, 0) is 51.3 Å². The van der Waals surface area contributed by atoms with Gasteiger partial charge in [0.1, 0.15) is 35.0 Å². The lowest BCUT2D eigenvalue weighted by molar-refractivity contribution is 0.0179. The van der Waals surface area contributed by atoms with Crippen molar-refractivity contribution in [2.45, 2.75) is 57.5 Å². The van der Waals surface area contributed by atoms with Crippen molar-refractivity contribution in [3.63, 3.8) is 0 Å². The second kappa shape index (κ2) is 9.91. The van der Waals surface area contributed by atoms with Crippen LogP contribution in [0.1, 0.15) is 50.1 Å². The van der Waals surface area contributed by atoms with Gasteiger partial charge in [-0.2, -0.15) is 0 Å². The number of hydrogen-bond acceptors (Lipinski definition) is 3. The number of H-pyrrole nitrogens is 1. The maximum Gasteiger partial charge on any atom is 0.135 e. The summed E-state index contributed by atoms with van der Waals surface area (Å²) in [5.74, 6) is -1.96. The van der Waals surface area contributed by atoms with E-state index in [1.807, 2.05) is 11.8 Å². The van der Waals surface area contributed by atoms with Gasteiger partial charge in [0.2, 0.25) is 0 Å². The van der Waals surface area contributed by atoms with Crippen molar-refractivity contribution in [3.05, 3.63) is 64.6 Å². The largest absolute Gasteiger partial charge is 0.488 e. The first-order valence-corrected chi connectivity index (χ1v) is 12.7. The minimum absolute atomic E-state index is 0.0654. The molecule has 1 fully saturated rings. The fraction of sp³-hybridized carbons (Fsp3) is 0.500. The van der Waals surface area contributed by atoms with Crippen LogP contribution in [0.2, 0.25) is 0 Å². The quantitative estimate of drug-likeness (QED) is 0.364. The molecule has 1 N–H and O–H groups in total. The molecule has 1 saturated heterocycles. The molecule has 0 radical (unpaired) electrons. The molecule has 2 atom stereocenters. The molecule has 3 heterocycles. The molecular weight excluding hydrogens is 489 g/mol. The Balaban J connectivity index is 1.52. The highest BCUT2D eigenvalue weighted by Gasteiger charge is 2.41. The minimum atomic E-state index is -1.63. The lowest BCUT2D eigenvalue weighted by Gasteiger charge is -2.43. The van der Waals surface area contributed by atoms with Gasteiger partial charge in [-0.15, -0.1) is 0 Å². The molecule has 4 nitrogen and oxygen atoms in total. The summed E-state index contributed by atoms with van der Waals surface area (Å²) in [6, 6.07) is 5.70. The molecule has 1 aromatic heterocycles. The third-order valence-electron chi connectivity index (χ3n) is 7.30. The number of aromatic nitrogens is 1. The molecule has 2 aromatic carbocycles. The van der Waals surface area contributed by atoms with Gasteiger partial charge < -0.3 is 9.72 Å². The molecule has 3 aromatic rings. The first kappa shape index (κ1) is 26.0. The molecule has 0 bridgehead atoms. The van der Waals surface area contributed by atoms with E-state index in [1.165, 1.54) is 19.9 Å². The number of halogens is 5. The first-order valence-electron chi connectivity index (χ1n) is 12.7. The van der Waals surface area contributed by atoms with Gasteiger partial charge >= 0.3 is 0 Å². The van der Waals surface area contributed by atoms with Gasteiger partial charge in [-0.25, -0.2) is 17.6 Å². The molecule has 200 valence electrons. The van der Waals surface area contributed by atoms with Crippen LogP contribution in [-0.4, -0.2) is 65.5 Å². The number of hydrogen-bond donors (Lipinski definition) is 1. The summed E-state index contributed by atoms with van der Waals surface area (Å²) in [6.07, 6.45) is 0.621. The smallest absolute Gasteiger partial charge is 0.135 e. The summed E-state index contributed by atoms with van der Waals surface area (Å²) in [5.41, 5.74) is -0.201. The molecule has 0 spiro atoms. The fourth-order valence-electron chi connectivity index (χ4n) is 5.71. The predicted octanol–water partition coefficient (Wildman–Crippen LogP) is 6.09. The summed E-state index contributed by atoms with van der Waals surface area (Å²) in [6.45, 7) is 6.01. The summed E-state index contributed by atoms with van der Waals surface area (Å²) in [5, 5.41) is 0.400. The van der Waals surface area contributed by atoms with Gasteiger partial charge in [0.05, 0.1) is 12.7 Å². The van der Waals surface area contributed by atoms with Crippen molar-refractivity contribution in [1.29, 1.82) is 0 Å². The van der Waals surface area contributed by atoms with E-state index in [1.54, 1.807) is 17.0 Å². The predicted molar refractivity (Wildman–Crippen MR) is 133 cm³/mol. The highest BCUT2D eigenvalue weighted by molar-refractivity contribution is 5.86. The van der Waals surface area contributed by atoms with Crippen molar-refractivity contribution in [2.24, 2.45) is 0 Å². The molecule has 0 unspecified atom stereocenters. The number of rotatable bonds is 8. The Morgan fingerprint density at radius 3 is 2.43 bits per heavy atom. The standard InChI is InChI=1S/C28H32F5N3O/c1-16-10-19-24-20(30)6-4-7-23(24)34-26(19)27(36(16)15-28(2,3)33)25-21(31)11-17(12-22(25)32)37-18-13-35(14-18)9-5-8-29/h4,6-7,11-12,16,18,27,34H,5,8-10,13-15H2,1-3H3/t16-,27-/m1/s1. The molecule has 0 amide bonds.